The van der Waals surface area contributed by atoms with Gasteiger partial charge in [-0.2, -0.15) is 5.26 Å². The maximum absolute atomic E-state index is 9.36. The van der Waals surface area contributed by atoms with Crippen LogP contribution in [0.2, 0.25) is 0 Å². The number of hydrogen-bond donors (Lipinski definition) is 1. The van der Waals surface area contributed by atoms with Gasteiger partial charge in [-0.15, -0.1) is 10.2 Å². The number of allylic oxidation sites excluding steroid dienone is 1. The van der Waals surface area contributed by atoms with Crippen LogP contribution in [0.3, 0.4) is 0 Å². The molecule has 0 spiro atoms. The standard InChI is InChI=1S/C15H14N4O/c16-10-13(11-6-8-17-9-7-11)15-19-18-14(20-15)12-4-2-1-3-5-12/h1-5,17H,6-9H2. The van der Waals surface area contributed by atoms with Crippen molar-refractivity contribution in [2.75, 3.05) is 13.1 Å². The van der Waals surface area contributed by atoms with E-state index in [0.717, 1.165) is 37.1 Å². The van der Waals surface area contributed by atoms with Crippen molar-refractivity contribution < 1.29 is 4.42 Å². The van der Waals surface area contributed by atoms with Crippen molar-refractivity contribution in [3.63, 3.8) is 0 Å². The summed E-state index contributed by atoms with van der Waals surface area (Å²) in [6.45, 7) is 1.78. The lowest BCUT2D eigenvalue weighted by Gasteiger charge is -2.15. The average Bonchev–Trinajstić information content (AvgIpc) is 3.00. The largest absolute Gasteiger partial charge is 0.415 e. The SMILES string of the molecule is N#CC(=C1CCNCC1)c1nnc(-c2ccccc2)o1. The Hall–Kier alpha value is -2.45. The van der Waals surface area contributed by atoms with Crippen molar-refractivity contribution in [1.29, 1.82) is 5.26 Å². The monoisotopic (exact) mass is 266 g/mol. The molecule has 100 valence electrons. The zero-order valence-corrected chi connectivity index (χ0v) is 11.0. The van der Waals surface area contributed by atoms with Crippen LogP contribution in [0, 0.1) is 11.3 Å². The van der Waals surface area contributed by atoms with E-state index in [4.69, 9.17) is 4.42 Å². The van der Waals surface area contributed by atoms with Crippen LogP contribution in [-0.4, -0.2) is 23.3 Å². The predicted octanol–water partition coefficient (Wildman–Crippen LogP) is 2.40. The summed E-state index contributed by atoms with van der Waals surface area (Å²) < 4.78 is 5.65. The summed E-state index contributed by atoms with van der Waals surface area (Å²) in [6, 6.07) is 11.8. The van der Waals surface area contributed by atoms with E-state index in [1.807, 2.05) is 30.3 Å². The molecule has 2 heterocycles. The predicted molar refractivity (Wildman–Crippen MR) is 74.4 cm³/mol. The fourth-order valence-corrected chi connectivity index (χ4v) is 2.28. The summed E-state index contributed by atoms with van der Waals surface area (Å²) in [5.41, 5.74) is 2.48. The topological polar surface area (TPSA) is 74.7 Å². The minimum atomic E-state index is 0.322. The third-order valence-electron chi connectivity index (χ3n) is 3.33. The van der Waals surface area contributed by atoms with E-state index in [0.29, 0.717) is 17.4 Å². The molecule has 5 heteroatoms. The van der Waals surface area contributed by atoms with Crippen LogP contribution in [-0.2, 0) is 0 Å². The highest BCUT2D eigenvalue weighted by Gasteiger charge is 2.18. The Morgan fingerprint density at radius 2 is 1.90 bits per heavy atom. The lowest BCUT2D eigenvalue weighted by Crippen LogP contribution is -2.23. The van der Waals surface area contributed by atoms with Gasteiger partial charge in [0.05, 0.1) is 0 Å². The molecule has 0 saturated carbocycles. The molecule has 1 fully saturated rings. The molecule has 1 aliphatic rings. The normalized spacial score (nSPS) is 14.8. The van der Waals surface area contributed by atoms with E-state index in [-0.39, 0.29) is 0 Å². The molecule has 20 heavy (non-hydrogen) atoms. The third-order valence-corrected chi connectivity index (χ3v) is 3.33. The van der Waals surface area contributed by atoms with Crippen LogP contribution in [0.4, 0.5) is 0 Å². The molecule has 5 nitrogen and oxygen atoms in total. The number of benzene rings is 1. The molecule has 1 aromatic heterocycles. The van der Waals surface area contributed by atoms with Crippen LogP contribution in [0.1, 0.15) is 18.7 Å². The van der Waals surface area contributed by atoms with Crippen molar-refractivity contribution in [2.45, 2.75) is 12.8 Å². The smallest absolute Gasteiger partial charge is 0.258 e. The van der Waals surface area contributed by atoms with E-state index >= 15 is 0 Å². The fraction of sp³-hybridized carbons (Fsp3) is 0.267. The average molecular weight is 266 g/mol. The summed E-state index contributed by atoms with van der Waals surface area (Å²) >= 11 is 0. The minimum Gasteiger partial charge on any atom is -0.415 e. The molecule has 1 N–H and O–H groups in total. The van der Waals surface area contributed by atoms with Gasteiger partial charge in [-0.25, -0.2) is 0 Å². The van der Waals surface area contributed by atoms with Crippen LogP contribution in [0.5, 0.6) is 0 Å². The van der Waals surface area contributed by atoms with E-state index in [1.165, 1.54) is 0 Å². The quantitative estimate of drug-likeness (QED) is 0.845. The Bertz CT molecular complexity index is 659. The first-order valence-corrected chi connectivity index (χ1v) is 6.60. The third kappa shape index (κ3) is 2.46. The zero-order valence-electron chi connectivity index (χ0n) is 11.0. The van der Waals surface area contributed by atoms with Crippen LogP contribution < -0.4 is 5.32 Å². The highest BCUT2D eigenvalue weighted by Crippen LogP contribution is 2.26. The molecular weight excluding hydrogens is 252 g/mol. The van der Waals surface area contributed by atoms with Gasteiger partial charge < -0.3 is 9.73 Å². The van der Waals surface area contributed by atoms with Gasteiger partial charge in [0, 0.05) is 5.56 Å². The van der Waals surface area contributed by atoms with Crippen molar-refractivity contribution >= 4 is 5.57 Å². The number of rotatable bonds is 2. The number of aromatic nitrogens is 2. The van der Waals surface area contributed by atoms with Gasteiger partial charge in [-0.05, 0) is 43.6 Å². The van der Waals surface area contributed by atoms with Gasteiger partial charge in [0.1, 0.15) is 11.6 Å². The number of nitrogens with zero attached hydrogens (tertiary/aromatic N) is 3. The second-order valence-electron chi connectivity index (χ2n) is 4.62. The lowest BCUT2D eigenvalue weighted by molar-refractivity contribution is 0.550. The first kappa shape index (κ1) is 12.6. The summed E-state index contributed by atoms with van der Waals surface area (Å²) in [5, 5.41) is 20.7. The van der Waals surface area contributed by atoms with Gasteiger partial charge in [-0.1, -0.05) is 18.2 Å². The molecule has 0 amide bonds. The van der Waals surface area contributed by atoms with E-state index in [2.05, 4.69) is 21.6 Å². The minimum absolute atomic E-state index is 0.322. The van der Waals surface area contributed by atoms with Crippen molar-refractivity contribution in [3.8, 4) is 17.5 Å². The van der Waals surface area contributed by atoms with Gasteiger partial charge in [0.15, 0.2) is 0 Å². The fourth-order valence-electron chi connectivity index (χ4n) is 2.28. The Morgan fingerprint density at radius 3 is 2.60 bits per heavy atom. The molecule has 0 aliphatic carbocycles. The first-order chi connectivity index (χ1) is 9.88. The molecule has 1 aromatic carbocycles. The molecule has 0 bridgehead atoms. The molecule has 0 unspecified atom stereocenters. The van der Waals surface area contributed by atoms with Crippen LogP contribution in [0.25, 0.3) is 17.0 Å². The molecule has 3 rings (SSSR count). The molecule has 0 radical (unpaired) electrons. The van der Waals surface area contributed by atoms with Crippen molar-refractivity contribution in [2.24, 2.45) is 0 Å². The first-order valence-electron chi connectivity index (χ1n) is 6.60. The van der Waals surface area contributed by atoms with E-state index in [9.17, 15) is 5.26 Å². The second-order valence-corrected chi connectivity index (χ2v) is 4.62. The Kier molecular flexibility index (Phi) is 3.57. The van der Waals surface area contributed by atoms with Crippen molar-refractivity contribution in [1.82, 2.24) is 15.5 Å². The number of nitriles is 1. The highest BCUT2D eigenvalue weighted by molar-refractivity contribution is 5.75. The summed E-state index contributed by atoms with van der Waals surface area (Å²) in [6.07, 6.45) is 1.71. The Labute approximate surface area is 116 Å². The maximum Gasteiger partial charge on any atom is 0.258 e. The van der Waals surface area contributed by atoms with Gasteiger partial charge in [0.2, 0.25) is 5.89 Å². The molecule has 1 saturated heterocycles. The maximum atomic E-state index is 9.36. The highest BCUT2D eigenvalue weighted by atomic mass is 16.4. The zero-order chi connectivity index (χ0) is 13.8. The molecule has 2 aromatic rings. The molecule has 0 atom stereocenters. The number of hydrogen-bond acceptors (Lipinski definition) is 5. The second kappa shape index (κ2) is 5.68. The molecular formula is C15H14N4O. The number of nitrogens with one attached hydrogen (secondary N) is 1. The van der Waals surface area contributed by atoms with Gasteiger partial charge >= 0.3 is 0 Å². The molecule has 1 aliphatic heterocycles. The summed E-state index contributed by atoms with van der Waals surface area (Å²) in [4.78, 5) is 0. The Balaban J connectivity index is 1.95. The number of piperidine rings is 1. The van der Waals surface area contributed by atoms with Crippen molar-refractivity contribution in [3.05, 3.63) is 41.8 Å². The summed E-state index contributed by atoms with van der Waals surface area (Å²) in [5.74, 6) is 0.770. The Morgan fingerprint density at radius 1 is 1.15 bits per heavy atom. The van der Waals surface area contributed by atoms with Crippen LogP contribution in [0.15, 0.2) is 40.3 Å². The van der Waals surface area contributed by atoms with E-state index in [1.54, 1.807) is 0 Å². The van der Waals surface area contributed by atoms with E-state index < -0.39 is 0 Å². The van der Waals surface area contributed by atoms with Gasteiger partial charge in [-0.3, -0.25) is 0 Å². The lowest BCUT2D eigenvalue weighted by atomic mass is 10.00. The van der Waals surface area contributed by atoms with Gasteiger partial charge in [0.25, 0.3) is 5.89 Å². The van der Waals surface area contributed by atoms with Crippen LogP contribution >= 0.6 is 0 Å². The summed E-state index contributed by atoms with van der Waals surface area (Å²) in [7, 11) is 0.